The number of aliphatic imine (C=N–C) groups is 1. The number of rotatable bonds is 8. The summed E-state index contributed by atoms with van der Waals surface area (Å²) < 4.78 is 5.58. The van der Waals surface area contributed by atoms with E-state index in [2.05, 4.69) is 20.5 Å². The molecule has 1 aliphatic rings. The molecule has 1 unspecified atom stereocenters. The van der Waals surface area contributed by atoms with Crippen LogP contribution in [0.5, 0.6) is 0 Å². The molecule has 0 bridgehead atoms. The number of aromatic nitrogens is 1. The number of aliphatic hydroxyl groups is 1. The van der Waals surface area contributed by atoms with E-state index < -0.39 is 5.60 Å². The Morgan fingerprint density at radius 3 is 2.67 bits per heavy atom. The van der Waals surface area contributed by atoms with Gasteiger partial charge in [0, 0.05) is 37.3 Å². The van der Waals surface area contributed by atoms with Gasteiger partial charge in [0.25, 0.3) is 0 Å². The lowest BCUT2D eigenvalue weighted by atomic mass is 9.96. The average Bonchev–Trinajstić information content (AvgIpc) is 3.23. The standard InChI is InChI=1S/C23H34N6O3.HI/c1-4-25-22(28-15-23(3,31)19-8-7-16(2)32-19)27-14-18-6-5-11-26-21(18)29-12-9-17(10-13-29)20(24)30;/h5-8,11,17,31H,4,9-10,12-15H2,1-3H3,(H2,24,30)(H2,25,27,28);1H. The first-order valence-electron chi connectivity index (χ1n) is 11.1. The van der Waals surface area contributed by atoms with Gasteiger partial charge in [-0.1, -0.05) is 6.07 Å². The predicted molar refractivity (Wildman–Crippen MR) is 140 cm³/mol. The van der Waals surface area contributed by atoms with E-state index in [1.807, 2.05) is 32.0 Å². The van der Waals surface area contributed by atoms with E-state index in [1.165, 1.54) is 0 Å². The van der Waals surface area contributed by atoms with Crippen molar-refractivity contribution in [1.82, 2.24) is 15.6 Å². The zero-order chi connectivity index (χ0) is 23.1. The summed E-state index contributed by atoms with van der Waals surface area (Å²) in [5.74, 6) is 2.45. The Hall–Kier alpha value is -2.34. The number of guanidine groups is 1. The normalized spacial score (nSPS) is 16.6. The van der Waals surface area contributed by atoms with Gasteiger partial charge in [-0.15, -0.1) is 24.0 Å². The lowest BCUT2D eigenvalue weighted by molar-refractivity contribution is -0.122. The van der Waals surface area contributed by atoms with Crippen LogP contribution in [0.3, 0.4) is 0 Å². The van der Waals surface area contributed by atoms with E-state index in [0.29, 0.717) is 24.8 Å². The molecule has 0 radical (unpaired) electrons. The van der Waals surface area contributed by atoms with Crippen molar-refractivity contribution >= 4 is 41.7 Å². The molecule has 1 saturated heterocycles. The van der Waals surface area contributed by atoms with Crippen LogP contribution in [0.1, 0.15) is 43.8 Å². The molecule has 3 heterocycles. The van der Waals surface area contributed by atoms with Crippen LogP contribution in [0.2, 0.25) is 0 Å². The van der Waals surface area contributed by atoms with E-state index >= 15 is 0 Å². The Bertz CT molecular complexity index is 938. The molecule has 1 amide bonds. The van der Waals surface area contributed by atoms with Crippen LogP contribution in [-0.4, -0.2) is 48.1 Å². The molecule has 1 atom stereocenters. The highest BCUT2D eigenvalue weighted by atomic mass is 127. The summed E-state index contributed by atoms with van der Waals surface area (Å²) in [6.07, 6.45) is 3.25. The quantitative estimate of drug-likeness (QED) is 0.218. The summed E-state index contributed by atoms with van der Waals surface area (Å²) in [6, 6.07) is 7.52. The first-order chi connectivity index (χ1) is 15.3. The molecule has 1 fully saturated rings. The molecular formula is C23H35IN6O3. The van der Waals surface area contributed by atoms with Crippen molar-refractivity contribution in [3.63, 3.8) is 0 Å². The summed E-state index contributed by atoms with van der Waals surface area (Å²) in [5, 5.41) is 17.2. The van der Waals surface area contributed by atoms with Gasteiger partial charge in [-0.25, -0.2) is 9.98 Å². The third kappa shape index (κ3) is 7.32. The zero-order valence-corrected chi connectivity index (χ0v) is 21.8. The smallest absolute Gasteiger partial charge is 0.220 e. The van der Waals surface area contributed by atoms with Crippen molar-refractivity contribution in [1.29, 1.82) is 0 Å². The number of nitrogens with two attached hydrogens (primary N) is 1. The van der Waals surface area contributed by atoms with Crippen molar-refractivity contribution in [2.75, 3.05) is 31.1 Å². The molecule has 0 saturated carbocycles. The van der Waals surface area contributed by atoms with E-state index in [0.717, 1.165) is 43.1 Å². The largest absolute Gasteiger partial charge is 0.463 e. The molecule has 0 spiro atoms. The Kier molecular flexibility index (Phi) is 9.96. The molecule has 10 heteroatoms. The minimum atomic E-state index is -1.17. The van der Waals surface area contributed by atoms with Gasteiger partial charge in [-0.05, 0) is 51.8 Å². The molecule has 0 aromatic carbocycles. The van der Waals surface area contributed by atoms with Crippen LogP contribution < -0.4 is 21.3 Å². The highest BCUT2D eigenvalue weighted by molar-refractivity contribution is 14.0. The Labute approximate surface area is 212 Å². The summed E-state index contributed by atoms with van der Waals surface area (Å²) in [6.45, 7) is 8.38. The highest BCUT2D eigenvalue weighted by Gasteiger charge is 2.27. The van der Waals surface area contributed by atoms with E-state index in [4.69, 9.17) is 15.1 Å². The van der Waals surface area contributed by atoms with Crippen LogP contribution >= 0.6 is 24.0 Å². The molecule has 5 N–H and O–H groups in total. The van der Waals surface area contributed by atoms with Gasteiger partial charge in [0.1, 0.15) is 22.9 Å². The van der Waals surface area contributed by atoms with Crippen molar-refractivity contribution in [2.45, 2.75) is 45.8 Å². The summed E-state index contributed by atoms with van der Waals surface area (Å²) >= 11 is 0. The molecule has 3 rings (SSSR count). The number of carbonyl (C=O) groups is 1. The van der Waals surface area contributed by atoms with Crippen molar-refractivity contribution in [2.24, 2.45) is 16.6 Å². The number of halogens is 1. The molecule has 2 aromatic heterocycles. The number of amides is 1. The zero-order valence-electron chi connectivity index (χ0n) is 19.5. The second kappa shape index (κ2) is 12.2. The number of furan rings is 1. The average molecular weight is 570 g/mol. The van der Waals surface area contributed by atoms with Gasteiger partial charge in [-0.2, -0.15) is 0 Å². The number of aryl methyl sites for hydroxylation is 1. The van der Waals surface area contributed by atoms with Gasteiger partial charge < -0.3 is 30.8 Å². The molecule has 0 aliphatic carbocycles. The second-order valence-electron chi connectivity index (χ2n) is 8.38. The molecular weight excluding hydrogens is 535 g/mol. The summed E-state index contributed by atoms with van der Waals surface area (Å²) in [4.78, 5) is 22.9. The predicted octanol–water partition coefficient (Wildman–Crippen LogP) is 2.27. The summed E-state index contributed by atoms with van der Waals surface area (Å²) in [7, 11) is 0. The van der Waals surface area contributed by atoms with Gasteiger partial charge in [0.15, 0.2) is 5.96 Å². The first kappa shape index (κ1) is 26.9. The lowest BCUT2D eigenvalue weighted by Crippen LogP contribution is -2.44. The van der Waals surface area contributed by atoms with E-state index in [-0.39, 0.29) is 42.3 Å². The minimum Gasteiger partial charge on any atom is -0.463 e. The fraction of sp³-hybridized carbons (Fsp3) is 0.522. The minimum absolute atomic E-state index is 0. The van der Waals surface area contributed by atoms with Gasteiger partial charge in [0.2, 0.25) is 5.91 Å². The third-order valence-electron chi connectivity index (χ3n) is 5.69. The number of hydrogen-bond acceptors (Lipinski definition) is 6. The molecule has 9 nitrogen and oxygen atoms in total. The van der Waals surface area contributed by atoms with Crippen molar-refractivity contribution in [3.8, 4) is 0 Å². The number of piperidine rings is 1. The van der Waals surface area contributed by atoms with Crippen LogP contribution in [-0.2, 0) is 16.9 Å². The maximum absolute atomic E-state index is 11.5. The highest BCUT2D eigenvalue weighted by Crippen LogP contribution is 2.25. The number of anilines is 1. The van der Waals surface area contributed by atoms with Crippen LogP contribution in [0.15, 0.2) is 39.9 Å². The van der Waals surface area contributed by atoms with Crippen LogP contribution in [0.4, 0.5) is 5.82 Å². The van der Waals surface area contributed by atoms with Gasteiger partial charge >= 0.3 is 0 Å². The lowest BCUT2D eigenvalue weighted by Gasteiger charge is -2.32. The number of hydrogen-bond donors (Lipinski definition) is 4. The molecule has 182 valence electrons. The fourth-order valence-electron chi connectivity index (χ4n) is 3.79. The van der Waals surface area contributed by atoms with Gasteiger partial charge in [0.05, 0.1) is 13.1 Å². The molecule has 1 aliphatic heterocycles. The number of nitrogens with one attached hydrogen (secondary N) is 2. The monoisotopic (exact) mass is 570 g/mol. The third-order valence-corrected chi connectivity index (χ3v) is 5.69. The number of carbonyl (C=O) groups excluding carboxylic acids is 1. The summed E-state index contributed by atoms with van der Waals surface area (Å²) in [5.41, 5.74) is 5.28. The van der Waals surface area contributed by atoms with E-state index in [9.17, 15) is 9.90 Å². The van der Waals surface area contributed by atoms with Crippen molar-refractivity contribution in [3.05, 3.63) is 47.5 Å². The number of pyridine rings is 1. The van der Waals surface area contributed by atoms with Crippen LogP contribution in [0, 0.1) is 12.8 Å². The topological polar surface area (TPSA) is 129 Å². The second-order valence-corrected chi connectivity index (χ2v) is 8.38. The van der Waals surface area contributed by atoms with Crippen LogP contribution in [0.25, 0.3) is 0 Å². The first-order valence-corrected chi connectivity index (χ1v) is 11.1. The Balaban J connectivity index is 0.00000385. The molecule has 2 aromatic rings. The number of primary amides is 1. The maximum atomic E-state index is 11.5. The molecule has 33 heavy (non-hydrogen) atoms. The van der Waals surface area contributed by atoms with E-state index in [1.54, 1.807) is 19.2 Å². The van der Waals surface area contributed by atoms with Crippen molar-refractivity contribution < 1.29 is 14.3 Å². The fourth-order valence-corrected chi connectivity index (χ4v) is 3.79. The SMILES string of the molecule is CCNC(=NCc1cccnc1N1CCC(C(N)=O)CC1)NCC(C)(O)c1ccc(C)o1.I. The Morgan fingerprint density at radius 1 is 1.33 bits per heavy atom. The van der Waals surface area contributed by atoms with Gasteiger partial charge in [-0.3, -0.25) is 4.79 Å². The Morgan fingerprint density at radius 2 is 2.06 bits per heavy atom. The number of nitrogens with zero attached hydrogens (tertiary/aromatic N) is 3. The maximum Gasteiger partial charge on any atom is 0.220 e.